The van der Waals surface area contributed by atoms with Crippen LogP contribution in [0.4, 0.5) is 0 Å². The van der Waals surface area contributed by atoms with Crippen LogP contribution in [0.15, 0.2) is 4.99 Å². The first kappa shape index (κ1) is 24.6. The van der Waals surface area contributed by atoms with Gasteiger partial charge in [-0.05, 0) is 12.8 Å². The minimum absolute atomic E-state index is 0. The lowest BCUT2D eigenvalue weighted by molar-refractivity contribution is 0.381. The van der Waals surface area contributed by atoms with E-state index < -0.39 is 10.0 Å². The number of thioether (sulfide) groups is 2. The van der Waals surface area contributed by atoms with Crippen LogP contribution >= 0.6 is 47.5 Å². The Kier molecular flexibility index (Phi) is 11.6. The second-order valence-electron chi connectivity index (χ2n) is 6.66. The zero-order valence-electron chi connectivity index (χ0n) is 16.0. The molecule has 0 bridgehead atoms. The van der Waals surface area contributed by atoms with Gasteiger partial charge in [0.25, 0.3) is 0 Å². The highest BCUT2D eigenvalue weighted by atomic mass is 127. The SMILES string of the molecule is CCNC(=NCCS(=O)(=O)N1CCSCC1)N1CCSC(C(C)C)C1.I. The van der Waals surface area contributed by atoms with Gasteiger partial charge in [-0.15, -0.1) is 24.0 Å². The van der Waals surface area contributed by atoms with E-state index in [2.05, 4.69) is 36.0 Å². The maximum Gasteiger partial charge on any atom is 0.215 e. The molecule has 10 heteroatoms. The summed E-state index contributed by atoms with van der Waals surface area (Å²) in [6.07, 6.45) is 0. The summed E-state index contributed by atoms with van der Waals surface area (Å²) in [5, 5.41) is 3.94. The zero-order chi connectivity index (χ0) is 18.3. The fourth-order valence-corrected chi connectivity index (χ4v) is 6.67. The number of hydrogen-bond donors (Lipinski definition) is 1. The highest BCUT2D eigenvalue weighted by Gasteiger charge is 2.26. The molecule has 2 aliphatic heterocycles. The highest BCUT2D eigenvalue weighted by molar-refractivity contribution is 14.0. The smallest absolute Gasteiger partial charge is 0.215 e. The molecule has 0 aromatic heterocycles. The molecule has 0 aliphatic carbocycles. The number of hydrogen-bond acceptors (Lipinski definition) is 5. The zero-order valence-corrected chi connectivity index (χ0v) is 20.8. The Balaban J connectivity index is 0.00000338. The summed E-state index contributed by atoms with van der Waals surface area (Å²) in [6, 6.07) is 0. The van der Waals surface area contributed by atoms with Gasteiger partial charge in [0, 0.05) is 55.2 Å². The van der Waals surface area contributed by atoms with E-state index >= 15 is 0 Å². The van der Waals surface area contributed by atoms with E-state index in [9.17, 15) is 8.42 Å². The molecule has 1 atom stereocenters. The van der Waals surface area contributed by atoms with Crippen LogP contribution in [0.25, 0.3) is 0 Å². The molecule has 6 nitrogen and oxygen atoms in total. The highest BCUT2D eigenvalue weighted by Crippen LogP contribution is 2.24. The molecule has 26 heavy (non-hydrogen) atoms. The van der Waals surface area contributed by atoms with Crippen LogP contribution in [0.1, 0.15) is 20.8 Å². The molecular weight excluding hydrogens is 503 g/mol. The van der Waals surface area contributed by atoms with E-state index in [1.54, 1.807) is 4.31 Å². The number of guanidine groups is 1. The Morgan fingerprint density at radius 1 is 1.23 bits per heavy atom. The standard InChI is InChI=1S/C16H32N4O2S3.HI/c1-4-17-16(19-6-11-24-15(13-19)14(2)3)18-5-12-25(21,22)20-7-9-23-10-8-20;/h14-15H,4-13H2,1-3H3,(H,17,18);1H. The van der Waals surface area contributed by atoms with E-state index in [0.29, 0.717) is 30.8 Å². The second-order valence-corrected chi connectivity index (χ2v) is 11.3. The topological polar surface area (TPSA) is 65.0 Å². The van der Waals surface area contributed by atoms with Gasteiger partial charge in [-0.1, -0.05) is 13.8 Å². The molecule has 2 rings (SSSR count). The normalized spacial score (nSPS) is 23.0. The van der Waals surface area contributed by atoms with Gasteiger partial charge in [-0.2, -0.15) is 23.5 Å². The first-order valence-electron chi connectivity index (χ1n) is 9.14. The number of rotatable bonds is 6. The van der Waals surface area contributed by atoms with Crippen LogP contribution in [0.2, 0.25) is 0 Å². The number of nitrogens with one attached hydrogen (secondary N) is 1. The molecule has 1 unspecified atom stereocenters. The second kappa shape index (κ2) is 12.2. The van der Waals surface area contributed by atoms with Gasteiger partial charge in [0.2, 0.25) is 10.0 Å². The van der Waals surface area contributed by atoms with Crippen molar-refractivity contribution < 1.29 is 8.42 Å². The third-order valence-electron chi connectivity index (χ3n) is 4.45. The van der Waals surface area contributed by atoms with Gasteiger partial charge in [-0.25, -0.2) is 12.7 Å². The molecule has 2 aliphatic rings. The van der Waals surface area contributed by atoms with E-state index in [0.717, 1.165) is 42.9 Å². The van der Waals surface area contributed by atoms with Crippen LogP contribution in [-0.4, -0.2) is 91.1 Å². The first-order valence-corrected chi connectivity index (χ1v) is 13.0. The molecule has 0 amide bonds. The third kappa shape index (κ3) is 7.56. The number of sulfonamides is 1. The van der Waals surface area contributed by atoms with Crippen LogP contribution < -0.4 is 5.32 Å². The Labute approximate surface area is 184 Å². The van der Waals surface area contributed by atoms with Crippen LogP contribution in [0.3, 0.4) is 0 Å². The van der Waals surface area contributed by atoms with Gasteiger partial charge >= 0.3 is 0 Å². The minimum Gasteiger partial charge on any atom is -0.357 e. The molecule has 2 saturated heterocycles. The summed E-state index contributed by atoms with van der Waals surface area (Å²) in [7, 11) is -3.19. The largest absolute Gasteiger partial charge is 0.357 e. The van der Waals surface area contributed by atoms with Crippen molar-refractivity contribution in [3.05, 3.63) is 0 Å². The lowest BCUT2D eigenvalue weighted by Gasteiger charge is -2.36. The summed E-state index contributed by atoms with van der Waals surface area (Å²) >= 11 is 3.85. The summed E-state index contributed by atoms with van der Waals surface area (Å²) in [5.41, 5.74) is 0. The maximum absolute atomic E-state index is 12.5. The lowest BCUT2D eigenvalue weighted by atomic mass is 10.1. The van der Waals surface area contributed by atoms with Crippen LogP contribution in [-0.2, 0) is 10.0 Å². The van der Waals surface area contributed by atoms with E-state index in [1.165, 1.54) is 0 Å². The van der Waals surface area contributed by atoms with Gasteiger partial charge in [0.15, 0.2) is 5.96 Å². The fourth-order valence-electron chi connectivity index (χ4n) is 2.92. The van der Waals surface area contributed by atoms with Crippen molar-refractivity contribution in [2.45, 2.75) is 26.0 Å². The number of nitrogens with zero attached hydrogens (tertiary/aromatic N) is 3. The van der Waals surface area contributed by atoms with Gasteiger partial charge in [0.1, 0.15) is 0 Å². The summed E-state index contributed by atoms with van der Waals surface area (Å²) in [6.45, 7) is 10.9. The fraction of sp³-hybridized carbons (Fsp3) is 0.938. The van der Waals surface area contributed by atoms with Gasteiger partial charge in [-0.3, -0.25) is 4.99 Å². The molecule has 154 valence electrons. The summed E-state index contributed by atoms with van der Waals surface area (Å²) in [4.78, 5) is 6.91. The predicted molar refractivity (Wildman–Crippen MR) is 127 cm³/mol. The van der Waals surface area contributed by atoms with Crippen molar-refractivity contribution in [1.82, 2.24) is 14.5 Å². The number of aliphatic imine (C=N–C) groups is 1. The van der Waals surface area contributed by atoms with Crippen LogP contribution in [0, 0.1) is 5.92 Å². The lowest BCUT2D eigenvalue weighted by Crippen LogP contribution is -2.49. The van der Waals surface area contributed by atoms with E-state index in [4.69, 9.17) is 0 Å². The predicted octanol–water partition coefficient (Wildman–Crippen LogP) is 2.02. The van der Waals surface area contributed by atoms with Gasteiger partial charge < -0.3 is 10.2 Å². The molecule has 2 heterocycles. The average Bonchev–Trinajstić information content (AvgIpc) is 2.62. The monoisotopic (exact) mass is 536 g/mol. The Morgan fingerprint density at radius 3 is 2.54 bits per heavy atom. The molecule has 0 radical (unpaired) electrons. The van der Waals surface area contributed by atoms with Crippen molar-refractivity contribution in [2.75, 3.05) is 62.3 Å². The molecule has 0 aromatic carbocycles. The average molecular weight is 537 g/mol. The molecular formula is C16H33IN4O2S3. The van der Waals surface area contributed by atoms with Crippen molar-refractivity contribution in [1.29, 1.82) is 0 Å². The van der Waals surface area contributed by atoms with Crippen LogP contribution in [0.5, 0.6) is 0 Å². The molecule has 2 fully saturated rings. The van der Waals surface area contributed by atoms with E-state index in [-0.39, 0.29) is 29.7 Å². The minimum atomic E-state index is -3.19. The molecule has 0 spiro atoms. The Bertz CT molecular complexity index is 540. The van der Waals surface area contributed by atoms with Gasteiger partial charge in [0.05, 0.1) is 12.3 Å². The quantitative estimate of drug-likeness (QED) is 0.319. The number of halogens is 1. The van der Waals surface area contributed by atoms with Crippen molar-refractivity contribution in [2.24, 2.45) is 10.9 Å². The van der Waals surface area contributed by atoms with Crippen molar-refractivity contribution in [3.8, 4) is 0 Å². The summed E-state index contributed by atoms with van der Waals surface area (Å²) in [5.74, 6) is 4.48. The summed E-state index contributed by atoms with van der Waals surface area (Å²) < 4.78 is 26.5. The molecule has 0 aromatic rings. The Morgan fingerprint density at radius 2 is 1.92 bits per heavy atom. The Hall–Kier alpha value is 0.610. The van der Waals surface area contributed by atoms with E-state index in [1.807, 2.05) is 23.5 Å². The third-order valence-corrected chi connectivity index (χ3v) is 8.78. The molecule has 1 N–H and O–H groups in total. The first-order chi connectivity index (χ1) is 11.9. The molecule has 0 saturated carbocycles. The van der Waals surface area contributed by atoms with Crippen molar-refractivity contribution >= 4 is 63.5 Å². The van der Waals surface area contributed by atoms with Crippen molar-refractivity contribution in [3.63, 3.8) is 0 Å². The maximum atomic E-state index is 12.5.